The Morgan fingerprint density at radius 2 is 2.21 bits per heavy atom. The second-order valence-electron chi connectivity index (χ2n) is 4.01. The molecule has 0 aliphatic rings. The lowest BCUT2D eigenvalue weighted by Gasteiger charge is -2.16. The molecule has 0 aliphatic heterocycles. The maximum atomic E-state index is 11.4. The van der Waals surface area contributed by atoms with Gasteiger partial charge in [0.05, 0.1) is 10.7 Å². The van der Waals surface area contributed by atoms with Crippen LogP contribution in [-0.2, 0) is 4.79 Å². The highest BCUT2D eigenvalue weighted by Gasteiger charge is 2.23. The average molecular weight is 361 g/mol. The number of rotatable bonds is 4. The fraction of sp³-hybridized carbons (Fsp3) is 0.154. The van der Waals surface area contributed by atoms with Crippen molar-refractivity contribution in [2.45, 2.75) is 13.0 Å². The molecule has 3 nitrogen and oxygen atoms in total. The molecule has 1 heterocycles. The first-order valence-corrected chi connectivity index (χ1v) is 7.52. The van der Waals surface area contributed by atoms with E-state index in [2.05, 4.69) is 21.2 Å². The molecule has 0 amide bonds. The van der Waals surface area contributed by atoms with Gasteiger partial charge in [-0.25, -0.2) is 4.79 Å². The molecule has 0 bridgehead atoms. The Kier molecular flexibility index (Phi) is 4.50. The van der Waals surface area contributed by atoms with Crippen LogP contribution >= 0.6 is 38.9 Å². The molecule has 0 radical (unpaired) electrons. The van der Waals surface area contributed by atoms with Gasteiger partial charge >= 0.3 is 5.97 Å². The summed E-state index contributed by atoms with van der Waals surface area (Å²) in [6.45, 7) is 1.90. The van der Waals surface area contributed by atoms with Gasteiger partial charge in [0.2, 0.25) is 0 Å². The van der Waals surface area contributed by atoms with Gasteiger partial charge in [-0.1, -0.05) is 27.5 Å². The van der Waals surface area contributed by atoms with Crippen LogP contribution in [0.1, 0.15) is 16.5 Å². The normalized spacial score (nSPS) is 12.2. The van der Waals surface area contributed by atoms with E-state index in [0.29, 0.717) is 10.7 Å². The molecule has 0 fully saturated rings. The largest absolute Gasteiger partial charge is 0.479 e. The third-order valence-corrected chi connectivity index (χ3v) is 4.53. The van der Waals surface area contributed by atoms with Gasteiger partial charge in [0, 0.05) is 9.35 Å². The maximum Gasteiger partial charge on any atom is 0.331 e. The van der Waals surface area contributed by atoms with Crippen molar-refractivity contribution < 1.29 is 9.90 Å². The number of carboxylic acids is 1. The summed E-state index contributed by atoms with van der Waals surface area (Å²) in [6.07, 6.45) is 0. The van der Waals surface area contributed by atoms with E-state index in [4.69, 9.17) is 11.6 Å². The number of aryl methyl sites for hydroxylation is 1. The third-order valence-electron chi connectivity index (χ3n) is 2.64. The molecule has 100 valence electrons. The minimum absolute atomic E-state index is 0.481. The zero-order valence-corrected chi connectivity index (χ0v) is 13.1. The van der Waals surface area contributed by atoms with E-state index in [0.717, 1.165) is 14.9 Å². The quantitative estimate of drug-likeness (QED) is 0.830. The highest BCUT2D eigenvalue weighted by molar-refractivity contribution is 9.10. The summed E-state index contributed by atoms with van der Waals surface area (Å²) in [5.74, 6) is -0.926. The molecular weight excluding hydrogens is 350 g/mol. The summed E-state index contributed by atoms with van der Waals surface area (Å²) in [4.78, 5) is 12.2. The lowest BCUT2D eigenvalue weighted by molar-refractivity contribution is -0.138. The van der Waals surface area contributed by atoms with E-state index in [1.165, 1.54) is 11.3 Å². The number of halogens is 2. The van der Waals surface area contributed by atoms with E-state index in [1.54, 1.807) is 12.1 Å². The first-order chi connectivity index (χ1) is 8.99. The zero-order chi connectivity index (χ0) is 14.0. The van der Waals surface area contributed by atoms with Gasteiger partial charge in [-0.05, 0) is 42.1 Å². The van der Waals surface area contributed by atoms with Crippen molar-refractivity contribution >= 4 is 50.5 Å². The van der Waals surface area contributed by atoms with Gasteiger partial charge in [-0.3, -0.25) is 0 Å². The van der Waals surface area contributed by atoms with Crippen molar-refractivity contribution in [3.8, 4) is 0 Å². The van der Waals surface area contributed by atoms with E-state index < -0.39 is 12.0 Å². The van der Waals surface area contributed by atoms with Gasteiger partial charge in [0.25, 0.3) is 0 Å². The van der Waals surface area contributed by atoms with Crippen LogP contribution in [0.25, 0.3) is 0 Å². The van der Waals surface area contributed by atoms with Gasteiger partial charge < -0.3 is 10.4 Å². The summed E-state index contributed by atoms with van der Waals surface area (Å²) in [7, 11) is 0. The first-order valence-electron chi connectivity index (χ1n) is 5.47. The number of thiophene rings is 1. The van der Waals surface area contributed by atoms with Crippen LogP contribution in [-0.4, -0.2) is 11.1 Å². The van der Waals surface area contributed by atoms with E-state index in [9.17, 15) is 9.90 Å². The number of nitrogens with one attached hydrogen (secondary N) is 1. The Balaban J connectivity index is 2.32. The average Bonchev–Trinajstić information content (AvgIpc) is 2.74. The minimum Gasteiger partial charge on any atom is -0.479 e. The lowest BCUT2D eigenvalue weighted by atomic mass is 10.1. The number of carbonyl (C=O) groups is 1. The second kappa shape index (κ2) is 5.94. The summed E-state index contributed by atoms with van der Waals surface area (Å²) in [5, 5.41) is 14.7. The van der Waals surface area contributed by atoms with Crippen molar-refractivity contribution in [3.05, 3.63) is 49.6 Å². The topological polar surface area (TPSA) is 49.3 Å². The van der Waals surface area contributed by atoms with Crippen molar-refractivity contribution in [1.82, 2.24) is 0 Å². The number of hydrogen-bond acceptors (Lipinski definition) is 3. The van der Waals surface area contributed by atoms with Gasteiger partial charge in [0.1, 0.15) is 0 Å². The SMILES string of the molecule is Cc1ccsc1C(Nc1ccc(Br)cc1Cl)C(=O)O. The summed E-state index contributed by atoms with van der Waals surface area (Å²) in [6, 6.07) is 6.41. The van der Waals surface area contributed by atoms with Crippen molar-refractivity contribution in [1.29, 1.82) is 0 Å². The molecule has 2 N–H and O–H groups in total. The molecule has 1 aromatic carbocycles. The third kappa shape index (κ3) is 3.29. The predicted octanol–water partition coefficient (Wildman–Crippen LogP) is 4.71. The molecule has 2 rings (SSSR count). The van der Waals surface area contributed by atoms with Crippen molar-refractivity contribution in [3.63, 3.8) is 0 Å². The molecule has 0 saturated carbocycles. The predicted molar refractivity (Wildman–Crippen MR) is 82.2 cm³/mol. The number of hydrogen-bond donors (Lipinski definition) is 2. The Morgan fingerprint density at radius 1 is 1.47 bits per heavy atom. The Labute approximate surface area is 128 Å². The molecular formula is C13H11BrClNO2S. The van der Waals surface area contributed by atoms with E-state index in [-0.39, 0.29) is 0 Å². The highest BCUT2D eigenvalue weighted by atomic mass is 79.9. The van der Waals surface area contributed by atoms with E-state index >= 15 is 0 Å². The van der Waals surface area contributed by atoms with Crippen LogP contribution in [0.15, 0.2) is 34.1 Å². The summed E-state index contributed by atoms with van der Waals surface area (Å²) < 4.78 is 0.849. The number of aliphatic carboxylic acids is 1. The standard InChI is InChI=1S/C13H11BrClNO2S/c1-7-4-5-19-12(7)11(13(17)18)16-10-3-2-8(14)6-9(10)15/h2-6,11,16H,1H3,(H,17,18). The molecule has 1 unspecified atom stereocenters. The Bertz CT molecular complexity index is 614. The Hall–Kier alpha value is -1.04. The molecule has 6 heteroatoms. The number of carboxylic acid groups (broad SMARTS) is 1. The maximum absolute atomic E-state index is 11.4. The smallest absolute Gasteiger partial charge is 0.331 e. The fourth-order valence-electron chi connectivity index (χ4n) is 1.68. The first kappa shape index (κ1) is 14.4. The number of benzene rings is 1. The highest BCUT2D eigenvalue weighted by Crippen LogP contribution is 2.32. The van der Waals surface area contributed by atoms with E-state index in [1.807, 2.05) is 24.4 Å². The van der Waals surface area contributed by atoms with Crippen LogP contribution in [0.3, 0.4) is 0 Å². The number of anilines is 1. The molecule has 1 aromatic heterocycles. The van der Waals surface area contributed by atoms with Crippen LogP contribution in [0.5, 0.6) is 0 Å². The van der Waals surface area contributed by atoms with Crippen LogP contribution < -0.4 is 5.32 Å². The lowest BCUT2D eigenvalue weighted by Crippen LogP contribution is -2.20. The molecule has 0 saturated heterocycles. The molecule has 2 aromatic rings. The Morgan fingerprint density at radius 3 is 2.74 bits per heavy atom. The zero-order valence-electron chi connectivity index (χ0n) is 9.98. The molecule has 1 atom stereocenters. The van der Waals surface area contributed by atoms with Gasteiger partial charge in [-0.15, -0.1) is 11.3 Å². The van der Waals surface area contributed by atoms with Crippen LogP contribution in [0.4, 0.5) is 5.69 Å². The van der Waals surface area contributed by atoms with Gasteiger partial charge in [0.15, 0.2) is 6.04 Å². The summed E-state index contributed by atoms with van der Waals surface area (Å²) in [5.41, 5.74) is 1.56. The van der Waals surface area contributed by atoms with Crippen molar-refractivity contribution in [2.75, 3.05) is 5.32 Å². The van der Waals surface area contributed by atoms with Crippen LogP contribution in [0.2, 0.25) is 5.02 Å². The molecule has 19 heavy (non-hydrogen) atoms. The van der Waals surface area contributed by atoms with Crippen molar-refractivity contribution in [2.24, 2.45) is 0 Å². The van der Waals surface area contributed by atoms with Crippen LogP contribution in [0, 0.1) is 6.92 Å². The molecule has 0 spiro atoms. The fourth-order valence-corrected chi connectivity index (χ4v) is 3.38. The monoisotopic (exact) mass is 359 g/mol. The molecule has 0 aliphatic carbocycles. The second-order valence-corrected chi connectivity index (χ2v) is 6.28. The van der Waals surface area contributed by atoms with Gasteiger partial charge in [-0.2, -0.15) is 0 Å². The summed E-state index contributed by atoms with van der Waals surface area (Å²) >= 11 is 10.8. The minimum atomic E-state index is -0.926.